The van der Waals surface area contributed by atoms with E-state index in [-0.39, 0.29) is 5.92 Å². The molecular formula is C12H16N2O2. The summed E-state index contributed by atoms with van der Waals surface area (Å²) >= 11 is 0. The van der Waals surface area contributed by atoms with Crippen molar-refractivity contribution in [1.82, 2.24) is 0 Å². The van der Waals surface area contributed by atoms with Crippen molar-refractivity contribution in [2.24, 2.45) is 5.73 Å². The number of carbonyl (C=O) groups is 1. The standard InChI is InChI=1S/C12H16N2O2/c1-14(2)9-5-3-8(4-6-9)10-7-12(10,13)11(15)16/h3-6,10H,7,13H2,1-2H3,(H,15,16)/t10-,12+/m1/s1. The van der Waals surface area contributed by atoms with Crippen molar-refractivity contribution in [3.8, 4) is 0 Å². The van der Waals surface area contributed by atoms with E-state index in [0.29, 0.717) is 6.42 Å². The van der Waals surface area contributed by atoms with Gasteiger partial charge in [-0.25, -0.2) is 0 Å². The second kappa shape index (κ2) is 3.49. The summed E-state index contributed by atoms with van der Waals surface area (Å²) in [6, 6.07) is 7.88. The van der Waals surface area contributed by atoms with Gasteiger partial charge in [0.15, 0.2) is 0 Å². The fraction of sp³-hybridized carbons (Fsp3) is 0.417. The van der Waals surface area contributed by atoms with Gasteiger partial charge in [0, 0.05) is 25.7 Å². The first-order chi connectivity index (χ1) is 7.45. The highest BCUT2D eigenvalue weighted by Gasteiger charge is 2.58. The summed E-state index contributed by atoms with van der Waals surface area (Å²) < 4.78 is 0. The molecule has 0 amide bonds. The van der Waals surface area contributed by atoms with E-state index in [1.165, 1.54) is 0 Å². The van der Waals surface area contributed by atoms with E-state index < -0.39 is 11.5 Å². The fourth-order valence-corrected chi connectivity index (χ4v) is 1.94. The lowest BCUT2D eigenvalue weighted by molar-refractivity contribution is -0.139. The maximum absolute atomic E-state index is 10.9. The number of carboxylic acids is 1. The van der Waals surface area contributed by atoms with E-state index in [1.54, 1.807) is 0 Å². The molecule has 0 aliphatic heterocycles. The SMILES string of the molecule is CN(C)c1ccc([C@H]2C[C@@]2(N)C(=O)O)cc1. The predicted octanol–water partition coefficient (Wildman–Crippen LogP) is 1.02. The second-order valence-corrected chi connectivity index (χ2v) is 4.59. The average Bonchev–Trinajstić information content (AvgIpc) is 2.93. The number of anilines is 1. The van der Waals surface area contributed by atoms with E-state index in [0.717, 1.165) is 11.3 Å². The van der Waals surface area contributed by atoms with Gasteiger partial charge in [-0.3, -0.25) is 4.79 Å². The maximum Gasteiger partial charge on any atom is 0.324 e. The number of hydrogen-bond donors (Lipinski definition) is 2. The molecule has 4 heteroatoms. The van der Waals surface area contributed by atoms with Crippen molar-refractivity contribution < 1.29 is 9.90 Å². The number of nitrogens with two attached hydrogens (primary N) is 1. The normalized spacial score (nSPS) is 27.6. The minimum atomic E-state index is -1.04. The summed E-state index contributed by atoms with van der Waals surface area (Å²) in [7, 11) is 3.94. The molecule has 3 N–H and O–H groups in total. The Morgan fingerprint density at radius 3 is 2.38 bits per heavy atom. The summed E-state index contributed by atoms with van der Waals surface area (Å²) in [6.45, 7) is 0. The number of nitrogens with zero attached hydrogens (tertiary/aromatic N) is 1. The summed E-state index contributed by atoms with van der Waals surface area (Å²) in [4.78, 5) is 12.9. The molecule has 1 fully saturated rings. The Labute approximate surface area is 94.7 Å². The lowest BCUT2D eigenvalue weighted by Gasteiger charge is -2.13. The van der Waals surface area contributed by atoms with Gasteiger partial charge >= 0.3 is 5.97 Å². The molecule has 1 aliphatic carbocycles. The number of carboxylic acid groups (broad SMARTS) is 1. The quantitative estimate of drug-likeness (QED) is 0.798. The van der Waals surface area contributed by atoms with Crippen molar-refractivity contribution >= 4 is 11.7 Å². The van der Waals surface area contributed by atoms with Crippen molar-refractivity contribution in [3.05, 3.63) is 29.8 Å². The Morgan fingerprint density at radius 2 is 2.00 bits per heavy atom. The van der Waals surface area contributed by atoms with Gasteiger partial charge < -0.3 is 15.7 Å². The van der Waals surface area contributed by atoms with Gasteiger partial charge in [-0.1, -0.05) is 12.1 Å². The lowest BCUT2D eigenvalue weighted by atomic mass is 10.1. The van der Waals surface area contributed by atoms with Crippen molar-refractivity contribution in [1.29, 1.82) is 0 Å². The molecule has 0 unspecified atom stereocenters. The molecule has 0 radical (unpaired) electrons. The van der Waals surface area contributed by atoms with Crippen molar-refractivity contribution in [2.45, 2.75) is 17.9 Å². The Bertz CT molecular complexity index is 414. The van der Waals surface area contributed by atoms with Crippen LogP contribution in [-0.2, 0) is 4.79 Å². The molecule has 86 valence electrons. The molecular weight excluding hydrogens is 204 g/mol. The van der Waals surface area contributed by atoms with Crippen LogP contribution in [-0.4, -0.2) is 30.7 Å². The highest BCUT2D eigenvalue weighted by molar-refractivity contribution is 5.85. The molecule has 4 nitrogen and oxygen atoms in total. The highest BCUT2D eigenvalue weighted by Crippen LogP contribution is 2.49. The summed E-state index contributed by atoms with van der Waals surface area (Å²) in [5.41, 5.74) is 6.82. The smallest absolute Gasteiger partial charge is 0.324 e. The maximum atomic E-state index is 10.9. The minimum Gasteiger partial charge on any atom is -0.480 e. The van der Waals surface area contributed by atoms with E-state index in [4.69, 9.17) is 10.8 Å². The van der Waals surface area contributed by atoms with Crippen LogP contribution in [0.4, 0.5) is 5.69 Å². The van der Waals surface area contributed by atoms with Gasteiger partial charge in [0.1, 0.15) is 5.54 Å². The van der Waals surface area contributed by atoms with E-state index in [9.17, 15) is 4.79 Å². The highest BCUT2D eigenvalue weighted by atomic mass is 16.4. The van der Waals surface area contributed by atoms with E-state index >= 15 is 0 Å². The summed E-state index contributed by atoms with van der Waals surface area (Å²) in [6.07, 6.45) is 0.531. The van der Waals surface area contributed by atoms with E-state index in [2.05, 4.69) is 0 Å². The molecule has 0 bridgehead atoms. The topological polar surface area (TPSA) is 66.6 Å². The third-order valence-corrected chi connectivity index (χ3v) is 3.21. The van der Waals surface area contributed by atoms with Crippen LogP contribution in [0.25, 0.3) is 0 Å². The summed E-state index contributed by atoms with van der Waals surface area (Å²) in [5.74, 6) is -0.949. The molecule has 1 aromatic rings. The first-order valence-electron chi connectivity index (χ1n) is 5.24. The van der Waals surface area contributed by atoms with Crippen LogP contribution in [0.5, 0.6) is 0 Å². The Hall–Kier alpha value is -1.55. The van der Waals surface area contributed by atoms with Gasteiger partial charge in [0.25, 0.3) is 0 Å². The molecule has 0 saturated heterocycles. The Balaban J connectivity index is 2.16. The van der Waals surface area contributed by atoms with Gasteiger partial charge in [-0.05, 0) is 24.1 Å². The molecule has 0 spiro atoms. The lowest BCUT2D eigenvalue weighted by Crippen LogP contribution is -2.34. The van der Waals surface area contributed by atoms with Gasteiger partial charge in [-0.2, -0.15) is 0 Å². The zero-order chi connectivity index (χ0) is 11.9. The zero-order valence-electron chi connectivity index (χ0n) is 9.47. The van der Waals surface area contributed by atoms with Crippen molar-refractivity contribution in [2.75, 3.05) is 19.0 Å². The Morgan fingerprint density at radius 1 is 1.44 bits per heavy atom. The molecule has 1 aliphatic rings. The minimum absolute atomic E-state index is 0.0405. The van der Waals surface area contributed by atoms with Crippen LogP contribution >= 0.6 is 0 Å². The van der Waals surface area contributed by atoms with E-state index in [1.807, 2.05) is 43.3 Å². The van der Waals surface area contributed by atoms with Crippen LogP contribution in [0.2, 0.25) is 0 Å². The largest absolute Gasteiger partial charge is 0.480 e. The van der Waals surface area contributed by atoms with Gasteiger partial charge in [0.05, 0.1) is 0 Å². The first kappa shape index (κ1) is 11.0. The van der Waals surface area contributed by atoms with Crippen LogP contribution < -0.4 is 10.6 Å². The van der Waals surface area contributed by atoms with Gasteiger partial charge in [-0.15, -0.1) is 0 Å². The van der Waals surface area contributed by atoms with Crippen LogP contribution in [0.3, 0.4) is 0 Å². The number of hydrogen-bond acceptors (Lipinski definition) is 3. The predicted molar refractivity (Wildman–Crippen MR) is 62.7 cm³/mol. The monoisotopic (exact) mass is 220 g/mol. The molecule has 16 heavy (non-hydrogen) atoms. The molecule has 2 atom stereocenters. The van der Waals surface area contributed by atoms with Crippen LogP contribution in [0.15, 0.2) is 24.3 Å². The number of benzene rings is 1. The second-order valence-electron chi connectivity index (χ2n) is 4.59. The molecule has 2 rings (SSSR count). The fourth-order valence-electron chi connectivity index (χ4n) is 1.94. The third kappa shape index (κ3) is 1.65. The Kier molecular flexibility index (Phi) is 2.39. The molecule has 1 aromatic carbocycles. The number of rotatable bonds is 3. The molecule has 0 heterocycles. The van der Waals surface area contributed by atoms with Crippen molar-refractivity contribution in [3.63, 3.8) is 0 Å². The molecule has 1 saturated carbocycles. The van der Waals surface area contributed by atoms with Crippen LogP contribution in [0.1, 0.15) is 17.9 Å². The van der Waals surface area contributed by atoms with Gasteiger partial charge in [0.2, 0.25) is 0 Å². The zero-order valence-corrected chi connectivity index (χ0v) is 9.47. The first-order valence-corrected chi connectivity index (χ1v) is 5.24. The average molecular weight is 220 g/mol. The molecule has 0 aromatic heterocycles. The summed E-state index contributed by atoms with van der Waals surface area (Å²) in [5, 5.41) is 8.95. The number of aliphatic carboxylic acids is 1. The third-order valence-electron chi connectivity index (χ3n) is 3.21. The van der Waals surface area contributed by atoms with Crippen LogP contribution in [0, 0.1) is 0 Å².